The molecule has 2 unspecified atom stereocenters. The van der Waals surface area contributed by atoms with Gasteiger partial charge in [-0.15, -0.1) is 10.2 Å². The van der Waals surface area contributed by atoms with Gasteiger partial charge in [-0.05, 0) is 30.9 Å². The standard InChI is InChI=1S/C18H27N5O2/c1-14-6-2-3-7-15(14)25-13-11-20-18(24)19-10-9-17-22-21-16-8-4-5-12-23(16)17/h4-5,8,12,14-15H,2-3,6-7,9-11,13H2,1H3,(H2,19,20,24). The maximum Gasteiger partial charge on any atom is 0.314 e. The molecule has 2 aromatic heterocycles. The Labute approximate surface area is 148 Å². The second kappa shape index (κ2) is 8.80. The van der Waals surface area contributed by atoms with Gasteiger partial charge in [0.15, 0.2) is 5.65 Å². The highest BCUT2D eigenvalue weighted by Crippen LogP contribution is 2.25. The quantitative estimate of drug-likeness (QED) is 0.754. The summed E-state index contributed by atoms with van der Waals surface area (Å²) in [6.45, 7) is 3.86. The van der Waals surface area contributed by atoms with E-state index in [0.717, 1.165) is 17.9 Å². The predicted octanol–water partition coefficient (Wildman–Crippen LogP) is 2.17. The number of fused-ring (bicyclic) bond motifs is 1. The van der Waals surface area contributed by atoms with Crippen molar-refractivity contribution in [1.29, 1.82) is 0 Å². The molecule has 7 heteroatoms. The summed E-state index contributed by atoms with van der Waals surface area (Å²) in [5.41, 5.74) is 0.816. The van der Waals surface area contributed by atoms with Crippen molar-refractivity contribution in [2.24, 2.45) is 5.92 Å². The summed E-state index contributed by atoms with van der Waals surface area (Å²) in [5, 5.41) is 13.9. The van der Waals surface area contributed by atoms with Gasteiger partial charge in [-0.3, -0.25) is 4.40 Å². The van der Waals surface area contributed by atoms with Crippen molar-refractivity contribution in [3.05, 3.63) is 30.2 Å². The average molecular weight is 345 g/mol. The van der Waals surface area contributed by atoms with Crippen molar-refractivity contribution in [1.82, 2.24) is 25.2 Å². The second-order valence-electron chi connectivity index (χ2n) is 6.65. The van der Waals surface area contributed by atoms with Gasteiger partial charge in [0.1, 0.15) is 5.82 Å². The van der Waals surface area contributed by atoms with Crippen LogP contribution in [0.4, 0.5) is 4.79 Å². The van der Waals surface area contributed by atoms with E-state index in [-0.39, 0.29) is 6.03 Å². The molecule has 25 heavy (non-hydrogen) atoms. The zero-order valence-electron chi connectivity index (χ0n) is 14.8. The second-order valence-corrected chi connectivity index (χ2v) is 6.65. The van der Waals surface area contributed by atoms with E-state index in [1.165, 1.54) is 19.3 Å². The lowest BCUT2D eigenvalue weighted by Gasteiger charge is -2.28. The van der Waals surface area contributed by atoms with E-state index in [4.69, 9.17) is 4.74 Å². The van der Waals surface area contributed by atoms with Gasteiger partial charge in [0.2, 0.25) is 0 Å². The van der Waals surface area contributed by atoms with Crippen LogP contribution in [-0.2, 0) is 11.2 Å². The fraction of sp³-hybridized carbons (Fsp3) is 0.611. The summed E-state index contributed by atoms with van der Waals surface area (Å²) in [7, 11) is 0. The predicted molar refractivity (Wildman–Crippen MR) is 95.5 cm³/mol. The Morgan fingerprint density at radius 3 is 2.96 bits per heavy atom. The van der Waals surface area contributed by atoms with Crippen molar-refractivity contribution in [3.8, 4) is 0 Å². The number of aromatic nitrogens is 3. The van der Waals surface area contributed by atoms with Crippen molar-refractivity contribution in [3.63, 3.8) is 0 Å². The monoisotopic (exact) mass is 345 g/mol. The van der Waals surface area contributed by atoms with Crippen LogP contribution in [-0.4, -0.2) is 46.4 Å². The van der Waals surface area contributed by atoms with E-state index in [0.29, 0.717) is 38.1 Å². The topological polar surface area (TPSA) is 80.5 Å². The molecule has 136 valence electrons. The summed E-state index contributed by atoms with van der Waals surface area (Å²) in [5.74, 6) is 1.46. The minimum absolute atomic E-state index is 0.172. The minimum Gasteiger partial charge on any atom is -0.376 e. The van der Waals surface area contributed by atoms with E-state index in [2.05, 4.69) is 27.8 Å². The Hall–Kier alpha value is -2.15. The molecule has 7 nitrogen and oxygen atoms in total. The molecule has 0 radical (unpaired) electrons. The third-order valence-corrected chi connectivity index (χ3v) is 4.77. The zero-order chi connectivity index (χ0) is 17.5. The number of carbonyl (C=O) groups is 1. The van der Waals surface area contributed by atoms with Gasteiger partial charge in [-0.1, -0.05) is 25.8 Å². The van der Waals surface area contributed by atoms with Crippen molar-refractivity contribution in [2.75, 3.05) is 19.7 Å². The molecular formula is C18H27N5O2. The molecule has 3 rings (SSSR count). The largest absolute Gasteiger partial charge is 0.376 e. The van der Waals surface area contributed by atoms with Crippen LogP contribution in [0.5, 0.6) is 0 Å². The Kier molecular flexibility index (Phi) is 6.22. The molecule has 2 heterocycles. The molecular weight excluding hydrogens is 318 g/mol. The number of rotatable bonds is 7. The smallest absolute Gasteiger partial charge is 0.314 e. The molecule has 0 spiro atoms. The summed E-state index contributed by atoms with van der Waals surface area (Å²) in [6, 6.07) is 5.60. The molecule has 1 saturated carbocycles. The molecule has 1 aliphatic rings. The van der Waals surface area contributed by atoms with Crippen LogP contribution in [0.25, 0.3) is 5.65 Å². The van der Waals surface area contributed by atoms with Gasteiger partial charge in [-0.25, -0.2) is 4.79 Å². The SMILES string of the molecule is CC1CCCCC1OCCNC(=O)NCCc1nnc2ccccn12. The van der Waals surface area contributed by atoms with Crippen molar-refractivity contribution in [2.45, 2.75) is 45.1 Å². The number of amides is 2. The molecule has 0 bridgehead atoms. The maximum absolute atomic E-state index is 11.8. The first kappa shape index (κ1) is 17.7. The maximum atomic E-state index is 11.8. The van der Waals surface area contributed by atoms with Crippen LogP contribution in [0, 0.1) is 5.92 Å². The number of hydrogen-bond acceptors (Lipinski definition) is 4. The molecule has 0 aromatic carbocycles. The van der Waals surface area contributed by atoms with Crippen LogP contribution in [0.2, 0.25) is 0 Å². The lowest BCUT2D eigenvalue weighted by molar-refractivity contribution is -0.00242. The zero-order valence-corrected chi connectivity index (χ0v) is 14.8. The van der Waals surface area contributed by atoms with Gasteiger partial charge in [-0.2, -0.15) is 0 Å². The average Bonchev–Trinajstić information content (AvgIpc) is 3.03. The first-order valence-corrected chi connectivity index (χ1v) is 9.16. The lowest BCUT2D eigenvalue weighted by Crippen LogP contribution is -2.39. The number of nitrogens with one attached hydrogen (secondary N) is 2. The number of pyridine rings is 1. The van der Waals surface area contributed by atoms with Gasteiger partial charge in [0, 0.05) is 25.7 Å². The number of hydrogen-bond donors (Lipinski definition) is 2. The molecule has 1 fully saturated rings. The number of nitrogens with zero attached hydrogens (tertiary/aromatic N) is 3. The van der Waals surface area contributed by atoms with E-state index >= 15 is 0 Å². The van der Waals surface area contributed by atoms with Crippen LogP contribution >= 0.6 is 0 Å². The third kappa shape index (κ3) is 4.92. The highest BCUT2D eigenvalue weighted by molar-refractivity contribution is 5.73. The minimum atomic E-state index is -0.172. The Morgan fingerprint density at radius 1 is 1.24 bits per heavy atom. The lowest BCUT2D eigenvalue weighted by atomic mass is 9.88. The fourth-order valence-corrected chi connectivity index (χ4v) is 3.32. The summed E-state index contributed by atoms with van der Waals surface area (Å²) in [6.07, 6.45) is 7.85. The summed E-state index contributed by atoms with van der Waals surface area (Å²) >= 11 is 0. The van der Waals surface area contributed by atoms with Gasteiger partial charge < -0.3 is 15.4 Å². The number of carbonyl (C=O) groups excluding carboxylic acids is 1. The molecule has 1 aliphatic carbocycles. The first-order chi connectivity index (χ1) is 12.2. The van der Waals surface area contributed by atoms with Gasteiger partial charge in [0.05, 0.1) is 12.7 Å². The van der Waals surface area contributed by atoms with E-state index in [1.807, 2.05) is 28.8 Å². The normalized spacial score (nSPS) is 20.5. The van der Waals surface area contributed by atoms with Crippen molar-refractivity contribution < 1.29 is 9.53 Å². The van der Waals surface area contributed by atoms with Gasteiger partial charge in [0.25, 0.3) is 0 Å². The Balaban J connectivity index is 1.30. The highest BCUT2D eigenvalue weighted by Gasteiger charge is 2.21. The fourth-order valence-electron chi connectivity index (χ4n) is 3.32. The van der Waals surface area contributed by atoms with E-state index in [9.17, 15) is 4.79 Å². The molecule has 2 amide bonds. The molecule has 2 atom stereocenters. The Morgan fingerprint density at radius 2 is 2.08 bits per heavy atom. The molecule has 2 aromatic rings. The van der Waals surface area contributed by atoms with Crippen LogP contribution in [0.1, 0.15) is 38.4 Å². The molecule has 0 aliphatic heterocycles. The first-order valence-electron chi connectivity index (χ1n) is 9.16. The molecule has 2 N–H and O–H groups in total. The molecule has 0 saturated heterocycles. The third-order valence-electron chi connectivity index (χ3n) is 4.77. The Bertz CT molecular complexity index is 687. The van der Waals surface area contributed by atoms with E-state index in [1.54, 1.807) is 0 Å². The van der Waals surface area contributed by atoms with E-state index < -0.39 is 0 Å². The summed E-state index contributed by atoms with van der Waals surface area (Å²) in [4.78, 5) is 11.8. The number of ether oxygens (including phenoxy) is 1. The van der Waals surface area contributed by atoms with Crippen LogP contribution in [0.15, 0.2) is 24.4 Å². The van der Waals surface area contributed by atoms with Crippen LogP contribution in [0.3, 0.4) is 0 Å². The highest BCUT2D eigenvalue weighted by atomic mass is 16.5. The summed E-state index contributed by atoms with van der Waals surface area (Å²) < 4.78 is 7.82. The van der Waals surface area contributed by atoms with Crippen LogP contribution < -0.4 is 10.6 Å². The van der Waals surface area contributed by atoms with Gasteiger partial charge >= 0.3 is 6.03 Å². The van der Waals surface area contributed by atoms with Crippen molar-refractivity contribution >= 4 is 11.7 Å². The number of urea groups is 1.